The number of benzene rings is 2. The monoisotopic (exact) mass is 380 g/mol. The molecule has 2 aliphatic rings. The Kier molecular flexibility index (Phi) is 4.71. The lowest BCUT2D eigenvalue weighted by Gasteiger charge is -2.37. The molecule has 0 radical (unpaired) electrons. The number of hydrogen-bond acceptors (Lipinski definition) is 4. The number of fused-ring (bicyclic) bond motifs is 2. The number of carbonyl (C=O) groups is 2. The van der Waals surface area contributed by atoms with Crippen molar-refractivity contribution in [3.8, 4) is 11.5 Å². The molecule has 1 spiro atoms. The molecule has 2 aromatic rings. The highest BCUT2D eigenvalue weighted by molar-refractivity contribution is 6.07. The standard InChI is InChI=1S/C22H24N2O4/c1-15(25)24-10-8-22(9-11-24)17-12-19(27-2)20(13-18(17)23-21(22)26)28-14-16-6-4-3-5-7-16/h3-7,12-13H,8-11,14H2,1-2H3,(H,23,26). The molecule has 2 heterocycles. The molecule has 2 aliphatic heterocycles. The predicted octanol–water partition coefficient (Wildman–Crippen LogP) is 3.11. The maximum atomic E-state index is 12.9. The summed E-state index contributed by atoms with van der Waals surface area (Å²) in [5.41, 5.74) is 2.16. The first-order valence-corrected chi connectivity index (χ1v) is 9.50. The quantitative estimate of drug-likeness (QED) is 0.885. The van der Waals surface area contributed by atoms with Gasteiger partial charge in [0.1, 0.15) is 6.61 Å². The summed E-state index contributed by atoms with van der Waals surface area (Å²) in [5.74, 6) is 1.26. The van der Waals surface area contributed by atoms with Gasteiger partial charge in [-0.1, -0.05) is 30.3 Å². The third-order valence-electron chi connectivity index (χ3n) is 5.80. The van der Waals surface area contributed by atoms with Crippen molar-refractivity contribution >= 4 is 17.5 Å². The summed E-state index contributed by atoms with van der Waals surface area (Å²) in [5, 5.41) is 3.01. The van der Waals surface area contributed by atoms with E-state index in [0.717, 1.165) is 16.8 Å². The van der Waals surface area contributed by atoms with E-state index in [1.807, 2.05) is 42.5 Å². The van der Waals surface area contributed by atoms with Gasteiger partial charge in [0.05, 0.1) is 12.5 Å². The van der Waals surface area contributed by atoms with Gasteiger partial charge in [-0.2, -0.15) is 0 Å². The average molecular weight is 380 g/mol. The number of hydrogen-bond donors (Lipinski definition) is 1. The molecule has 6 heteroatoms. The van der Waals surface area contributed by atoms with E-state index >= 15 is 0 Å². The van der Waals surface area contributed by atoms with Crippen LogP contribution in [0.25, 0.3) is 0 Å². The normalized spacial score (nSPS) is 17.2. The third kappa shape index (κ3) is 3.09. The molecule has 0 aliphatic carbocycles. The van der Waals surface area contributed by atoms with E-state index in [0.29, 0.717) is 44.0 Å². The summed E-state index contributed by atoms with van der Waals surface area (Å²) < 4.78 is 11.5. The second-order valence-corrected chi connectivity index (χ2v) is 7.37. The Morgan fingerprint density at radius 1 is 1.14 bits per heavy atom. The zero-order valence-electron chi connectivity index (χ0n) is 16.2. The summed E-state index contributed by atoms with van der Waals surface area (Å²) in [6.45, 7) is 3.15. The van der Waals surface area contributed by atoms with Gasteiger partial charge in [-0.3, -0.25) is 9.59 Å². The van der Waals surface area contributed by atoms with Crippen molar-refractivity contribution in [1.29, 1.82) is 0 Å². The number of nitrogens with one attached hydrogen (secondary N) is 1. The van der Waals surface area contributed by atoms with Crippen LogP contribution in [0.5, 0.6) is 11.5 Å². The van der Waals surface area contributed by atoms with E-state index in [9.17, 15) is 9.59 Å². The van der Waals surface area contributed by atoms with Crippen molar-refractivity contribution in [1.82, 2.24) is 4.90 Å². The zero-order valence-corrected chi connectivity index (χ0v) is 16.2. The lowest BCUT2D eigenvalue weighted by Crippen LogP contribution is -2.47. The van der Waals surface area contributed by atoms with Gasteiger partial charge in [-0.05, 0) is 30.0 Å². The van der Waals surface area contributed by atoms with Gasteiger partial charge in [0.15, 0.2) is 11.5 Å². The minimum Gasteiger partial charge on any atom is -0.493 e. The van der Waals surface area contributed by atoms with Crippen LogP contribution in [-0.2, 0) is 21.6 Å². The van der Waals surface area contributed by atoms with Crippen molar-refractivity contribution in [2.45, 2.75) is 31.8 Å². The van der Waals surface area contributed by atoms with Gasteiger partial charge in [0.2, 0.25) is 11.8 Å². The van der Waals surface area contributed by atoms with Crippen LogP contribution in [0.4, 0.5) is 5.69 Å². The van der Waals surface area contributed by atoms with E-state index in [2.05, 4.69) is 5.32 Å². The Morgan fingerprint density at radius 2 is 1.86 bits per heavy atom. The van der Waals surface area contributed by atoms with Crippen LogP contribution in [-0.4, -0.2) is 36.9 Å². The first-order chi connectivity index (χ1) is 13.5. The summed E-state index contributed by atoms with van der Waals surface area (Å²) in [4.78, 5) is 26.3. The lowest BCUT2D eigenvalue weighted by molar-refractivity contribution is -0.133. The molecule has 4 rings (SSSR count). The van der Waals surface area contributed by atoms with E-state index in [4.69, 9.17) is 9.47 Å². The average Bonchev–Trinajstić information content (AvgIpc) is 2.97. The minimum absolute atomic E-state index is 0.00651. The summed E-state index contributed by atoms with van der Waals surface area (Å²) in [6.07, 6.45) is 1.22. The molecule has 0 aromatic heterocycles. The molecule has 6 nitrogen and oxygen atoms in total. The first-order valence-electron chi connectivity index (χ1n) is 9.50. The topological polar surface area (TPSA) is 67.9 Å². The highest BCUT2D eigenvalue weighted by Gasteiger charge is 2.49. The Labute approximate surface area is 164 Å². The van der Waals surface area contributed by atoms with Crippen molar-refractivity contribution in [2.24, 2.45) is 0 Å². The number of amides is 2. The first kappa shape index (κ1) is 18.3. The molecular weight excluding hydrogens is 356 g/mol. The van der Waals surface area contributed by atoms with Gasteiger partial charge >= 0.3 is 0 Å². The number of rotatable bonds is 4. The number of likely N-dealkylation sites (tertiary alicyclic amines) is 1. The Morgan fingerprint density at radius 3 is 2.50 bits per heavy atom. The second-order valence-electron chi connectivity index (χ2n) is 7.37. The van der Waals surface area contributed by atoms with Crippen molar-refractivity contribution in [2.75, 3.05) is 25.5 Å². The zero-order chi connectivity index (χ0) is 19.7. The fourth-order valence-corrected chi connectivity index (χ4v) is 4.13. The molecular formula is C22H24N2O4. The van der Waals surface area contributed by atoms with E-state index in [1.54, 1.807) is 18.9 Å². The fraction of sp³-hybridized carbons (Fsp3) is 0.364. The molecule has 28 heavy (non-hydrogen) atoms. The van der Waals surface area contributed by atoms with Crippen molar-refractivity contribution in [3.05, 3.63) is 53.6 Å². The number of ether oxygens (including phenoxy) is 2. The van der Waals surface area contributed by atoms with Crippen LogP contribution >= 0.6 is 0 Å². The summed E-state index contributed by atoms with van der Waals surface area (Å²) in [7, 11) is 1.60. The van der Waals surface area contributed by atoms with E-state index in [1.165, 1.54) is 0 Å². The van der Waals surface area contributed by atoms with Crippen LogP contribution in [0.15, 0.2) is 42.5 Å². The van der Waals surface area contributed by atoms with Crippen LogP contribution in [0.3, 0.4) is 0 Å². The van der Waals surface area contributed by atoms with Gasteiger partial charge in [-0.15, -0.1) is 0 Å². The molecule has 0 atom stereocenters. The Balaban J connectivity index is 1.61. The Bertz CT molecular complexity index is 902. The third-order valence-corrected chi connectivity index (χ3v) is 5.80. The molecule has 146 valence electrons. The maximum absolute atomic E-state index is 12.9. The highest BCUT2D eigenvalue weighted by Crippen LogP contribution is 2.48. The van der Waals surface area contributed by atoms with Gasteiger partial charge in [0.25, 0.3) is 0 Å². The molecule has 0 bridgehead atoms. The number of carbonyl (C=O) groups excluding carboxylic acids is 2. The second kappa shape index (κ2) is 7.19. The molecule has 0 unspecified atom stereocenters. The van der Waals surface area contributed by atoms with Crippen molar-refractivity contribution < 1.29 is 19.1 Å². The van der Waals surface area contributed by atoms with Crippen molar-refractivity contribution in [3.63, 3.8) is 0 Å². The largest absolute Gasteiger partial charge is 0.493 e. The number of anilines is 1. The number of methoxy groups -OCH3 is 1. The van der Waals surface area contributed by atoms with Gasteiger partial charge in [-0.25, -0.2) is 0 Å². The number of piperidine rings is 1. The fourth-order valence-electron chi connectivity index (χ4n) is 4.13. The molecule has 1 fully saturated rings. The van der Waals surface area contributed by atoms with Crippen LogP contribution in [0.2, 0.25) is 0 Å². The summed E-state index contributed by atoms with van der Waals surface area (Å²) >= 11 is 0. The molecule has 1 saturated heterocycles. The van der Waals surface area contributed by atoms with E-state index < -0.39 is 5.41 Å². The molecule has 1 N–H and O–H groups in total. The molecule has 0 saturated carbocycles. The highest BCUT2D eigenvalue weighted by atomic mass is 16.5. The smallest absolute Gasteiger partial charge is 0.235 e. The van der Waals surface area contributed by atoms with E-state index in [-0.39, 0.29) is 11.8 Å². The maximum Gasteiger partial charge on any atom is 0.235 e. The van der Waals surface area contributed by atoms with Gasteiger partial charge in [0, 0.05) is 31.8 Å². The predicted molar refractivity (Wildman–Crippen MR) is 106 cm³/mol. The van der Waals surface area contributed by atoms with Crippen LogP contribution in [0, 0.1) is 0 Å². The lowest BCUT2D eigenvalue weighted by atomic mass is 9.73. The number of nitrogens with zero attached hydrogens (tertiary/aromatic N) is 1. The summed E-state index contributed by atoms with van der Waals surface area (Å²) in [6, 6.07) is 13.7. The Hall–Kier alpha value is -3.02. The molecule has 2 aromatic carbocycles. The van der Waals surface area contributed by atoms with Crippen LogP contribution in [0.1, 0.15) is 30.9 Å². The molecule has 2 amide bonds. The minimum atomic E-state index is -0.605. The van der Waals surface area contributed by atoms with Crippen LogP contribution < -0.4 is 14.8 Å². The van der Waals surface area contributed by atoms with Gasteiger partial charge < -0.3 is 19.7 Å². The SMILES string of the molecule is COc1cc2c(cc1OCc1ccccc1)NC(=O)C21CCN(C(C)=O)CC1.